The molecule has 4 saturated carbocycles. The van der Waals surface area contributed by atoms with Gasteiger partial charge in [-0.1, -0.05) is 20.8 Å². The molecule has 4 rings (SSSR count). The van der Waals surface area contributed by atoms with E-state index in [1.807, 2.05) is 0 Å². The van der Waals surface area contributed by atoms with Crippen molar-refractivity contribution in [2.45, 2.75) is 151 Å². The largest absolute Gasteiger partial charge is 0.469 e. The first kappa shape index (κ1) is 55.0. The minimum absolute atomic E-state index is 0.179. The van der Waals surface area contributed by atoms with E-state index in [4.69, 9.17) is 9.47 Å². The minimum Gasteiger partial charge on any atom is -0.469 e. The van der Waals surface area contributed by atoms with E-state index in [9.17, 15) is 111 Å². The number of methoxy groups -OCH3 is 1. The van der Waals surface area contributed by atoms with Crippen molar-refractivity contribution in [3.63, 3.8) is 0 Å². The lowest BCUT2D eigenvalue weighted by Gasteiger charge is -2.64. The summed E-state index contributed by atoms with van der Waals surface area (Å²) in [5, 5.41) is 0. The monoisotopic (exact) mass is 1010 g/mol. The maximum absolute atomic E-state index is 14.9. The van der Waals surface area contributed by atoms with Crippen molar-refractivity contribution in [3.8, 4) is 0 Å². The van der Waals surface area contributed by atoms with E-state index in [0.29, 0.717) is 0 Å². The van der Waals surface area contributed by atoms with Gasteiger partial charge in [0, 0.05) is 17.8 Å². The van der Waals surface area contributed by atoms with Gasteiger partial charge in [-0.2, -0.15) is 92.2 Å². The Bertz CT molecular complexity index is 1850. The predicted molar refractivity (Wildman–Crippen MR) is 174 cm³/mol. The SMILES string of the molecule is COC(=O)CCC(C)C1CCC2C3C(OC(=O)C(F)(F)C(F)(F)C(F)(F)F)CC4CC(OC(=O)C(F)(F)C(F)(F)C(F)(F)F)CCC4(C)C3CC(OC(=O)C(F)(F)C(F)(F)C(F)(F)F)C12C. The van der Waals surface area contributed by atoms with Gasteiger partial charge in [0.1, 0.15) is 18.3 Å². The Kier molecular flexibility index (Phi) is 14.3. The van der Waals surface area contributed by atoms with Gasteiger partial charge in [-0.05, 0) is 86.4 Å². The van der Waals surface area contributed by atoms with Crippen LogP contribution >= 0.6 is 0 Å². The highest BCUT2D eigenvalue weighted by Crippen LogP contribution is 2.70. The summed E-state index contributed by atoms with van der Waals surface area (Å²) in [6.45, 7) is 3.68. The molecule has 0 aliphatic heterocycles. The molecule has 29 heteroatoms. The average Bonchev–Trinajstić information content (AvgIpc) is 3.53. The Balaban J connectivity index is 1.88. The van der Waals surface area contributed by atoms with Gasteiger partial charge in [0.2, 0.25) is 0 Å². The summed E-state index contributed by atoms with van der Waals surface area (Å²) in [6.07, 6.45) is -33.6. The average molecular weight is 1010 g/mol. The Labute approximate surface area is 358 Å². The van der Waals surface area contributed by atoms with E-state index >= 15 is 0 Å². The van der Waals surface area contributed by atoms with Crippen LogP contribution in [-0.2, 0) is 38.1 Å². The fourth-order valence-electron chi connectivity index (χ4n) is 10.7. The topological polar surface area (TPSA) is 105 Å². The Hall–Kier alpha value is -3.59. The Morgan fingerprint density at radius 1 is 0.576 bits per heavy atom. The molecule has 0 aromatic rings. The maximum Gasteiger partial charge on any atom is 0.460 e. The van der Waals surface area contributed by atoms with E-state index in [1.165, 1.54) is 13.8 Å². The van der Waals surface area contributed by atoms with E-state index < -0.39 is 181 Å². The molecule has 11 atom stereocenters. The van der Waals surface area contributed by atoms with Crippen LogP contribution in [0.1, 0.15) is 78.6 Å². The van der Waals surface area contributed by atoms with Crippen molar-refractivity contribution in [2.24, 2.45) is 46.3 Å². The fraction of sp³-hybridized carbons (Fsp3) is 0.892. The quantitative estimate of drug-likeness (QED) is 0.102. The highest BCUT2D eigenvalue weighted by Gasteiger charge is 2.80. The number of hydrogen-bond donors (Lipinski definition) is 0. The van der Waals surface area contributed by atoms with Crippen molar-refractivity contribution in [1.29, 1.82) is 0 Å². The van der Waals surface area contributed by atoms with Crippen LogP contribution in [0.3, 0.4) is 0 Å². The summed E-state index contributed by atoms with van der Waals surface area (Å²) in [5.41, 5.74) is -3.77. The van der Waals surface area contributed by atoms with Gasteiger partial charge in [0.15, 0.2) is 0 Å². The molecule has 4 fully saturated rings. The van der Waals surface area contributed by atoms with Gasteiger partial charge in [-0.3, -0.25) is 4.79 Å². The highest BCUT2D eigenvalue weighted by molar-refractivity contribution is 5.80. The van der Waals surface area contributed by atoms with Crippen molar-refractivity contribution >= 4 is 23.9 Å². The summed E-state index contributed by atoms with van der Waals surface area (Å²) >= 11 is 0. The molecule has 382 valence electrons. The molecular weight excluding hydrogens is 971 g/mol. The third-order valence-electron chi connectivity index (χ3n) is 14.3. The second kappa shape index (κ2) is 17.1. The molecule has 0 bridgehead atoms. The Morgan fingerprint density at radius 2 is 1.02 bits per heavy atom. The zero-order valence-electron chi connectivity index (χ0n) is 34.3. The number of carbonyl (C=O) groups is 4. The van der Waals surface area contributed by atoms with Gasteiger partial charge in [0.25, 0.3) is 0 Å². The molecule has 8 nitrogen and oxygen atoms in total. The van der Waals surface area contributed by atoms with Gasteiger partial charge in [0.05, 0.1) is 7.11 Å². The Morgan fingerprint density at radius 3 is 1.45 bits per heavy atom. The van der Waals surface area contributed by atoms with Crippen LogP contribution in [0.5, 0.6) is 0 Å². The first-order valence-electron chi connectivity index (χ1n) is 19.6. The summed E-state index contributed by atoms with van der Waals surface area (Å²) in [7, 11) is 0.971. The number of rotatable bonds is 13. The summed E-state index contributed by atoms with van der Waals surface area (Å²) in [5.74, 6) is -61.0. The lowest BCUT2D eigenvalue weighted by atomic mass is 9.43. The van der Waals surface area contributed by atoms with E-state index in [1.54, 1.807) is 0 Å². The zero-order chi connectivity index (χ0) is 51.2. The number of hydrogen-bond acceptors (Lipinski definition) is 8. The lowest BCUT2D eigenvalue weighted by molar-refractivity contribution is -0.351. The number of carbonyl (C=O) groups excluding carboxylic acids is 4. The number of esters is 4. The molecular formula is C37H39F21O8. The van der Waals surface area contributed by atoms with Gasteiger partial charge < -0.3 is 18.9 Å². The molecule has 0 heterocycles. The maximum atomic E-state index is 14.9. The van der Waals surface area contributed by atoms with Crippen LogP contribution in [-0.4, -0.2) is 103 Å². The molecule has 4 aliphatic rings. The highest BCUT2D eigenvalue weighted by atomic mass is 19.4. The molecule has 66 heavy (non-hydrogen) atoms. The van der Waals surface area contributed by atoms with E-state index in [0.717, 1.165) is 14.0 Å². The molecule has 0 aromatic heterocycles. The third kappa shape index (κ3) is 8.72. The molecule has 0 aromatic carbocycles. The lowest BCUT2D eigenvalue weighted by Crippen LogP contribution is -2.65. The molecule has 0 radical (unpaired) electrons. The van der Waals surface area contributed by atoms with Crippen molar-refractivity contribution in [3.05, 3.63) is 0 Å². The normalized spacial score (nSPS) is 32.0. The fourth-order valence-corrected chi connectivity index (χ4v) is 10.7. The molecule has 0 amide bonds. The van der Waals surface area contributed by atoms with E-state index in [2.05, 4.69) is 9.47 Å². The van der Waals surface area contributed by atoms with Crippen LogP contribution < -0.4 is 0 Å². The van der Waals surface area contributed by atoms with E-state index in [-0.39, 0.29) is 19.3 Å². The van der Waals surface area contributed by atoms with Crippen molar-refractivity contribution < 1.29 is 130 Å². The molecule has 0 spiro atoms. The number of halogens is 21. The molecule has 4 aliphatic carbocycles. The van der Waals surface area contributed by atoms with Gasteiger partial charge >= 0.3 is 77.9 Å². The second-order valence-electron chi connectivity index (χ2n) is 17.7. The van der Waals surface area contributed by atoms with Crippen LogP contribution in [0, 0.1) is 46.3 Å². The second-order valence-corrected chi connectivity index (χ2v) is 17.7. The summed E-state index contributed by atoms with van der Waals surface area (Å²) < 4.78 is 308. The smallest absolute Gasteiger partial charge is 0.460 e. The van der Waals surface area contributed by atoms with Crippen LogP contribution in [0.2, 0.25) is 0 Å². The van der Waals surface area contributed by atoms with Gasteiger partial charge in [-0.25, -0.2) is 14.4 Å². The van der Waals surface area contributed by atoms with Crippen molar-refractivity contribution in [2.75, 3.05) is 7.11 Å². The van der Waals surface area contributed by atoms with Crippen molar-refractivity contribution in [1.82, 2.24) is 0 Å². The van der Waals surface area contributed by atoms with Gasteiger partial charge in [-0.15, -0.1) is 0 Å². The molecule has 0 N–H and O–H groups in total. The summed E-state index contributed by atoms with van der Waals surface area (Å²) in [4.78, 5) is 49.9. The van der Waals surface area contributed by atoms with Crippen LogP contribution in [0.4, 0.5) is 92.2 Å². The predicted octanol–water partition coefficient (Wildman–Crippen LogP) is 10.7. The van der Waals surface area contributed by atoms with Crippen LogP contribution in [0.15, 0.2) is 0 Å². The number of alkyl halides is 21. The van der Waals surface area contributed by atoms with Crippen LogP contribution in [0.25, 0.3) is 0 Å². The molecule has 0 saturated heterocycles. The summed E-state index contributed by atoms with van der Waals surface area (Å²) in [6, 6.07) is 0. The molecule has 11 unspecified atom stereocenters. The third-order valence-corrected chi connectivity index (χ3v) is 14.3. The standard InChI is InChI=1S/C37H39F21O8/c1-14(5-8-22(59)63-4)17-6-7-18-23-19(13-21(28(17,18)3)66-26(62)31(42,43)34(48,49)37(56,57)58)27(2)10-9-16(64-24(60)29(38,39)32(44,45)35(50,51)52)11-15(27)12-20(23)65-25(61)30(40,41)33(46,47)36(53,54)55/h14-21,23H,5-13H2,1-4H3. The first-order chi connectivity index (χ1) is 29.4. The zero-order valence-corrected chi connectivity index (χ0v) is 34.3. The number of ether oxygens (including phenoxy) is 4. The first-order valence-corrected chi connectivity index (χ1v) is 19.6. The minimum atomic E-state index is -7.15. The number of fused-ring (bicyclic) bond motifs is 5.